The van der Waals surface area contributed by atoms with E-state index in [-0.39, 0.29) is 59.3 Å². The summed E-state index contributed by atoms with van der Waals surface area (Å²) in [6.45, 7) is 8.81. The van der Waals surface area contributed by atoms with Crippen LogP contribution < -0.4 is 27.7 Å². The molecule has 3 aromatic carbocycles. The topological polar surface area (TPSA) is 485 Å². The number of fused-ring (bicyclic) bond motifs is 4. The average molecular weight is 1660 g/mol. The average Bonchev–Trinajstić information content (AvgIpc) is 1.55. The number of benzene rings is 3. The zero-order valence-corrected chi connectivity index (χ0v) is 66.4. The van der Waals surface area contributed by atoms with Crippen molar-refractivity contribution in [2.24, 2.45) is 28.3 Å². The molecule has 1 aliphatic carbocycles. The molecule has 4 aliphatic rings. The van der Waals surface area contributed by atoms with Crippen LogP contribution in [0.2, 0.25) is 0 Å². The molecule has 34 nitrogen and oxygen atoms in total. The minimum absolute atomic E-state index is 0.0204. The van der Waals surface area contributed by atoms with Crippen molar-refractivity contribution in [2.45, 2.75) is 88.6 Å². The van der Waals surface area contributed by atoms with Crippen LogP contribution in [0.1, 0.15) is 134 Å². The maximum atomic E-state index is 12.1. The van der Waals surface area contributed by atoms with Crippen LogP contribution in [0.25, 0.3) is 56.0 Å². The molecule has 3 fully saturated rings. The SMILES string of the molecule is CN1CC[C@@](O)(C#Cc2ccnc(-n3nc(C(N)=O)c4c3CCC(C)(C)C4)c2)C1=O.CN1CC[C@@](O)(C#Cc2ccnc(-n3nc(C(N)=O)c4cc(Br)ccc43)c2)C1=O.COc1ccc2c(c1)c(C(N)=O)nn2-c1cc(C#C[C@]2(O)CCN(C)C2=O)ccn1.Cc1nnc([C@](C)(O)C#Cc2cccc(-n3nc(C(N)=O)c4cccnc43)c2)o1. The van der Waals surface area contributed by atoms with Crippen LogP contribution in [0.15, 0.2) is 143 Å². The number of hydrogen-bond acceptors (Lipinski definition) is 23. The number of carbonyl (C=O) groups is 7. The Kier molecular flexibility index (Phi) is 22.5. The number of nitrogens with zero attached hydrogens (tertiary/aromatic N) is 17. The second kappa shape index (κ2) is 32.5. The molecule has 0 radical (unpaired) electrons. The van der Waals surface area contributed by atoms with Crippen LogP contribution in [0, 0.1) is 59.7 Å². The van der Waals surface area contributed by atoms with Crippen molar-refractivity contribution in [3.8, 4) is 76.3 Å². The van der Waals surface area contributed by atoms with E-state index < -0.39 is 57.8 Å². The quantitative estimate of drug-likeness (QED) is 0.0897. The highest BCUT2D eigenvalue weighted by molar-refractivity contribution is 9.10. The summed E-state index contributed by atoms with van der Waals surface area (Å²) in [6.07, 6.45) is 9.52. The number of aromatic nitrogens is 14. The molecule has 35 heteroatoms. The van der Waals surface area contributed by atoms with Crippen molar-refractivity contribution >= 4 is 90.1 Å². The number of primary amides is 4. The lowest BCUT2D eigenvalue weighted by Crippen LogP contribution is -2.37. The van der Waals surface area contributed by atoms with Gasteiger partial charge in [0.05, 0.1) is 34.9 Å². The van der Waals surface area contributed by atoms with Crippen molar-refractivity contribution in [1.29, 1.82) is 0 Å². The summed E-state index contributed by atoms with van der Waals surface area (Å²) in [5.74, 6) is 20.8. The van der Waals surface area contributed by atoms with Gasteiger partial charge in [-0.2, -0.15) is 20.4 Å². The van der Waals surface area contributed by atoms with Gasteiger partial charge in [-0.15, -0.1) is 10.2 Å². The Labute approximate surface area is 681 Å². The van der Waals surface area contributed by atoms with Gasteiger partial charge in [0.2, 0.25) is 28.3 Å². The van der Waals surface area contributed by atoms with Gasteiger partial charge >= 0.3 is 0 Å². The molecule has 16 rings (SSSR count). The van der Waals surface area contributed by atoms with E-state index in [0.29, 0.717) is 110 Å². The van der Waals surface area contributed by atoms with Gasteiger partial charge in [-0.25, -0.2) is 38.7 Å². The fourth-order valence-electron chi connectivity index (χ4n) is 13.4. The van der Waals surface area contributed by atoms with Crippen LogP contribution in [-0.2, 0) is 32.8 Å². The second-order valence-electron chi connectivity index (χ2n) is 29.2. The molecule has 0 bridgehead atoms. The van der Waals surface area contributed by atoms with Gasteiger partial charge < -0.3 is 67.2 Å². The largest absolute Gasteiger partial charge is 0.497 e. The Morgan fingerprint density at radius 3 is 1.47 bits per heavy atom. The molecule has 7 amide bonds. The van der Waals surface area contributed by atoms with Crippen LogP contribution >= 0.6 is 15.9 Å². The molecule has 0 saturated carbocycles. The molecule has 0 spiro atoms. The fourth-order valence-corrected chi connectivity index (χ4v) is 13.8. The number of hydrogen-bond donors (Lipinski definition) is 8. The van der Waals surface area contributed by atoms with Crippen LogP contribution in [-0.4, -0.2) is 210 Å². The molecule has 118 heavy (non-hydrogen) atoms. The lowest BCUT2D eigenvalue weighted by molar-refractivity contribution is -0.138. The van der Waals surface area contributed by atoms with Gasteiger partial charge in [-0.3, -0.25) is 33.6 Å². The van der Waals surface area contributed by atoms with Gasteiger partial charge in [0.25, 0.3) is 47.2 Å². The smallest absolute Gasteiger partial charge is 0.269 e. The fraction of sp³-hybridized carbons (Fsp3) is 0.265. The molecule has 12 N–H and O–H groups in total. The van der Waals surface area contributed by atoms with Crippen molar-refractivity contribution in [3.63, 3.8) is 0 Å². The van der Waals surface area contributed by atoms with E-state index in [1.807, 2.05) is 6.07 Å². The summed E-state index contributed by atoms with van der Waals surface area (Å²) in [4.78, 5) is 105. The van der Waals surface area contributed by atoms with E-state index in [1.54, 1.807) is 154 Å². The molecule has 4 atom stereocenters. The number of halogens is 1. The van der Waals surface area contributed by atoms with Gasteiger partial charge in [-0.1, -0.05) is 83.2 Å². The summed E-state index contributed by atoms with van der Waals surface area (Å²) >= 11 is 3.38. The molecule has 598 valence electrons. The van der Waals surface area contributed by atoms with Crippen molar-refractivity contribution < 1.29 is 63.1 Å². The third-order valence-electron chi connectivity index (χ3n) is 19.8. The summed E-state index contributed by atoms with van der Waals surface area (Å²) in [7, 11) is 6.43. The standard InChI is InChI=1S/C22H25N5O3.C21H19N5O4.C20H16BrN5O3.C20H16N6O3/c1-21(2)7-5-16-15(13-21)18(19(23)28)25-27(16)17-12-14(6-10-24-17)4-8-22(30)9-11-26(3)20(22)29;1-25-10-8-21(29,20(25)28)7-5-13-6-9-23-17(11-13)26-16-4-3-14(30-2)12-15(16)18(24-26)19(22)27;1-25-9-7-20(29,19(25)28)6-4-12-5-8-23-16(10-12)26-15-3-2-13(21)11-14(15)17(24-26)18(22)27;1-12-23-24-19(29-12)20(2,28)9-8-13-5-3-6-14(11-13)26-18-15(7-4-10-22-18)16(25-26)17(21)27/h6,10,12,30H,5,7,9,11,13H2,1-3H3,(H2,23,28);3-4,6,9,11-12,29H,8,10H2,1-2H3,(H2,22,27);2-3,5,8,10-11,29H,7,9H2,1H3,(H2,22,27);3-7,10-11,28H,1-2H3,(H2,21,27)/t22-;21-;2*20-/m0001/s1. The number of nitrogens with two attached hydrogens (primary N) is 4. The van der Waals surface area contributed by atoms with E-state index in [4.69, 9.17) is 32.1 Å². The number of methoxy groups -OCH3 is 1. The van der Waals surface area contributed by atoms with E-state index in [9.17, 15) is 54.0 Å². The number of aliphatic hydroxyl groups is 4. The number of rotatable bonds is 10. The second-order valence-corrected chi connectivity index (χ2v) is 30.1. The molecule has 9 aromatic heterocycles. The Morgan fingerprint density at radius 1 is 0.534 bits per heavy atom. The van der Waals surface area contributed by atoms with Gasteiger partial charge in [-0.05, 0) is 135 Å². The first-order valence-corrected chi connectivity index (χ1v) is 37.3. The summed E-state index contributed by atoms with van der Waals surface area (Å²) in [5, 5.41) is 68.5. The number of likely N-dealkylation sites (tertiary alicyclic amines) is 3. The van der Waals surface area contributed by atoms with Crippen LogP contribution in [0.4, 0.5) is 0 Å². The highest BCUT2D eigenvalue weighted by Gasteiger charge is 2.45. The summed E-state index contributed by atoms with van der Waals surface area (Å²) < 4.78 is 17.5. The van der Waals surface area contributed by atoms with Crippen molar-refractivity contribution in [2.75, 3.05) is 47.9 Å². The third kappa shape index (κ3) is 16.9. The van der Waals surface area contributed by atoms with Gasteiger partial charge in [0, 0.05) is 135 Å². The van der Waals surface area contributed by atoms with Gasteiger partial charge in [0.15, 0.2) is 45.9 Å². The van der Waals surface area contributed by atoms with E-state index in [0.717, 1.165) is 35.0 Å². The maximum Gasteiger partial charge on any atom is 0.269 e. The minimum Gasteiger partial charge on any atom is -0.497 e. The number of aryl methyl sites for hydroxylation is 1. The Morgan fingerprint density at radius 2 is 1.00 bits per heavy atom. The predicted octanol–water partition coefficient (Wildman–Crippen LogP) is 4.00. The Balaban J connectivity index is 0.000000136. The zero-order chi connectivity index (χ0) is 84.5. The molecular weight excluding hydrogens is 1580 g/mol. The van der Waals surface area contributed by atoms with Gasteiger partial charge in [0.1, 0.15) is 5.75 Å². The number of ether oxygens (including phenoxy) is 1. The van der Waals surface area contributed by atoms with Crippen molar-refractivity contribution in [3.05, 3.63) is 207 Å². The monoisotopic (exact) mass is 1650 g/mol. The highest BCUT2D eigenvalue weighted by Crippen LogP contribution is 2.38. The number of pyridine rings is 4. The van der Waals surface area contributed by atoms with E-state index >= 15 is 0 Å². The molecule has 12 aromatic rings. The number of amides is 7. The Hall–Kier alpha value is -14.3. The Bertz CT molecular complexity index is 6390. The molecule has 3 saturated heterocycles. The number of carbonyl (C=O) groups excluding carboxylic acids is 7. The molecular formula is C83H76BrN21O13. The highest BCUT2D eigenvalue weighted by atomic mass is 79.9. The first kappa shape index (κ1) is 81.7. The number of likely N-dealkylation sites (N-methyl/N-ethyl adjacent to an activating group) is 3. The summed E-state index contributed by atoms with van der Waals surface area (Å²) in [6, 6.07) is 31.2. The predicted molar refractivity (Wildman–Crippen MR) is 430 cm³/mol. The first-order chi connectivity index (χ1) is 56.0. The summed E-state index contributed by atoms with van der Waals surface area (Å²) in [5.41, 5.74) is 22.6. The van der Waals surface area contributed by atoms with Crippen molar-refractivity contribution in [1.82, 2.24) is 84.0 Å². The maximum absolute atomic E-state index is 12.1. The zero-order valence-electron chi connectivity index (χ0n) is 64.8. The molecule has 12 heterocycles. The van der Waals surface area contributed by atoms with E-state index in [1.165, 1.54) is 49.0 Å². The van der Waals surface area contributed by atoms with E-state index in [2.05, 4.69) is 128 Å². The normalized spacial score (nSPS) is 18.1. The van der Waals surface area contributed by atoms with Crippen LogP contribution in [0.5, 0.6) is 5.75 Å². The lowest BCUT2D eigenvalue weighted by atomic mass is 9.76. The first-order valence-electron chi connectivity index (χ1n) is 36.5. The molecule has 3 aliphatic heterocycles. The lowest BCUT2D eigenvalue weighted by Gasteiger charge is -2.29. The molecule has 0 unspecified atom stereocenters. The van der Waals surface area contributed by atoms with Crippen LogP contribution in [0.3, 0.4) is 0 Å². The third-order valence-corrected chi connectivity index (χ3v) is 20.3. The minimum atomic E-state index is -1.69.